The van der Waals surface area contributed by atoms with Crippen LogP contribution in [0.3, 0.4) is 0 Å². The van der Waals surface area contributed by atoms with Crippen molar-refractivity contribution in [3.63, 3.8) is 0 Å². The van der Waals surface area contributed by atoms with Crippen LogP contribution < -0.4 is 9.46 Å². The highest BCUT2D eigenvalue weighted by Crippen LogP contribution is 2.11. The largest absolute Gasteiger partial charge is 0.476 e. The molecule has 0 aliphatic rings. The van der Waals surface area contributed by atoms with Crippen molar-refractivity contribution < 1.29 is 13.2 Å². The summed E-state index contributed by atoms with van der Waals surface area (Å²) in [5.74, 6) is 0.466. The molecule has 0 amide bonds. The summed E-state index contributed by atoms with van der Waals surface area (Å²) in [6.45, 7) is 0.484. The number of hydrogen-bond donors (Lipinski definition) is 1. The third kappa shape index (κ3) is 5.71. The molecule has 0 unspecified atom stereocenters. The second-order valence-corrected chi connectivity index (χ2v) is 5.58. The van der Waals surface area contributed by atoms with E-state index in [1.807, 2.05) is 0 Å². The quantitative estimate of drug-likeness (QED) is 0.815. The molecule has 0 atom stereocenters. The highest BCUT2D eigenvalue weighted by Gasteiger charge is 1.99. The van der Waals surface area contributed by atoms with Gasteiger partial charge in [-0.15, -0.1) is 0 Å². The summed E-state index contributed by atoms with van der Waals surface area (Å²) in [7, 11) is -3.14. The maximum absolute atomic E-state index is 10.7. The van der Waals surface area contributed by atoms with Crippen molar-refractivity contribution in [2.45, 2.75) is 0 Å². The van der Waals surface area contributed by atoms with Crippen LogP contribution >= 0.6 is 15.9 Å². The van der Waals surface area contributed by atoms with E-state index in [9.17, 15) is 8.42 Å². The van der Waals surface area contributed by atoms with E-state index >= 15 is 0 Å². The predicted octanol–water partition coefficient (Wildman–Crippen LogP) is 0.772. The summed E-state index contributed by atoms with van der Waals surface area (Å²) in [5.41, 5.74) is 0. The maximum atomic E-state index is 10.7. The first kappa shape index (κ1) is 12.4. The third-order valence-electron chi connectivity index (χ3n) is 1.42. The Labute approximate surface area is 97.0 Å². The summed E-state index contributed by atoms with van der Waals surface area (Å²) < 4.78 is 29.8. The minimum absolute atomic E-state index is 0.233. The molecule has 0 aliphatic heterocycles. The van der Waals surface area contributed by atoms with E-state index in [0.29, 0.717) is 5.88 Å². The van der Waals surface area contributed by atoms with E-state index in [-0.39, 0.29) is 13.2 Å². The van der Waals surface area contributed by atoms with Crippen LogP contribution in [0, 0.1) is 0 Å². The van der Waals surface area contributed by atoms with Crippen LogP contribution in [0.1, 0.15) is 0 Å². The molecule has 1 heterocycles. The van der Waals surface area contributed by atoms with Gasteiger partial charge in [-0.1, -0.05) is 0 Å². The van der Waals surface area contributed by atoms with Gasteiger partial charge in [-0.3, -0.25) is 0 Å². The molecule has 7 heteroatoms. The fourth-order valence-corrected chi connectivity index (χ4v) is 1.52. The Morgan fingerprint density at radius 3 is 2.80 bits per heavy atom. The third-order valence-corrected chi connectivity index (χ3v) is 2.61. The average Bonchev–Trinajstić information content (AvgIpc) is 2.14. The van der Waals surface area contributed by atoms with Gasteiger partial charge in [0.25, 0.3) is 0 Å². The van der Waals surface area contributed by atoms with Gasteiger partial charge >= 0.3 is 0 Å². The lowest BCUT2D eigenvalue weighted by atomic mass is 10.5. The fourth-order valence-electron chi connectivity index (χ4n) is 0.830. The van der Waals surface area contributed by atoms with Crippen molar-refractivity contribution in [2.24, 2.45) is 0 Å². The van der Waals surface area contributed by atoms with E-state index in [0.717, 1.165) is 10.7 Å². The second kappa shape index (κ2) is 5.43. The molecule has 1 aromatic heterocycles. The highest BCUT2D eigenvalue weighted by molar-refractivity contribution is 9.10. The second-order valence-electron chi connectivity index (χ2n) is 2.83. The topological polar surface area (TPSA) is 68.3 Å². The smallest absolute Gasteiger partial charge is 0.213 e. The number of nitrogens with zero attached hydrogens (tertiary/aromatic N) is 1. The minimum Gasteiger partial charge on any atom is -0.476 e. The fraction of sp³-hybridized carbons (Fsp3) is 0.375. The Morgan fingerprint density at radius 1 is 1.53 bits per heavy atom. The zero-order chi connectivity index (χ0) is 11.3. The van der Waals surface area contributed by atoms with E-state index < -0.39 is 10.0 Å². The van der Waals surface area contributed by atoms with Gasteiger partial charge in [0.05, 0.1) is 6.26 Å². The number of sulfonamides is 1. The molecule has 1 rings (SSSR count). The summed E-state index contributed by atoms with van der Waals surface area (Å²) in [6, 6.07) is 3.50. The molecule has 0 fully saturated rings. The van der Waals surface area contributed by atoms with E-state index in [2.05, 4.69) is 25.6 Å². The highest BCUT2D eigenvalue weighted by atomic mass is 79.9. The van der Waals surface area contributed by atoms with Crippen molar-refractivity contribution in [2.75, 3.05) is 19.4 Å². The lowest BCUT2D eigenvalue weighted by Gasteiger charge is -2.05. The first-order valence-electron chi connectivity index (χ1n) is 4.16. The minimum atomic E-state index is -3.14. The van der Waals surface area contributed by atoms with Gasteiger partial charge in [0.2, 0.25) is 15.9 Å². The molecule has 0 spiro atoms. The number of aromatic nitrogens is 1. The summed E-state index contributed by atoms with van der Waals surface area (Å²) in [5, 5.41) is 0. The molecule has 0 saturated heterocycles. The number of hydrogen-bond acceptors (Lipinski definition) is 4. The molecule has 0 bridgehead atoms. The first-order chi connectivity index (χ1) is 6.97. The van der Waals surface area contributed by atoms with E-state index in [4.69, 9.17) is 4.74 Å². The van der Waals surface area contributed by atoms with Gasteiger partial charge in [-0.25, -0.2) is 18.1 Å². The van der Waals surface area contributed by atoms with Crippen LogP contribution in [0.25, 0.3) is 0 Å². The number of pyridine rings is 1. The van der Waals surface area contributed by atoms with Gasteiger partial charge in [0.1, 0.15) is 6.61 Å². The molecule has 0 aliphatic carbocycles. The molecule has 5 nitrogen and oxygen atoms in total. The Hall–Kier alpha value is -0.660. The Morgan fingerprint density at radius 2 is 2.27 bits per heavy atom. The van der Waals surface area contributed by atoms with E-state index in [1.54, 1.807) is 18.3 Å². The molecule has 0 aromatic carbocycles. The van der Waals surface area contributed by atoms with Crippen LogP contribution in [0.15, 0.2) is 22.8 Å². The molecule has 0 saturated carbocycles. The van der Waals surface area contributed by atoms with Crippen molar-refractivity contribution in [3.05, 3.63) is 22.8 Å². The van der Waals surface area contributed by atoms with Gasteiger partial charge < -0.3 is 4.74 Å². The first-order valence-corrected chi connectivity index (χ1v) is 6.85. The monoisotopic (exact) mass is 294 g/mol. The molecule has 0 radical (unpaired) electrons. The number of halogens is 1. The Bertz CT molecular complexity index is 404. The molecule has 1 N–H and O–H groups in total. The van der Waals surface area contributed by atoms with Crippen LogP contribution in [0.4, 0.5) is 0 Å². The molecule has 15 heavy (non-hydrogen) atoms. The lowest BCUT2D eigenvalue weighted by molar-refractivity contribution is 0.310. The molecule has 84 valence electrons. The van der Waals surface area contributed by atoms with Gasteiger partial charge in [-0.2, -0.15) is 0 Å². The van der Waals surface area contributed by atoms with Gasteiger partial charge in [-0.05, 0) is 22.0 Å². The molecular weight excluding hydrogens is 284 g/mol. The Balaban J connectivity index is 2.29. The number of ether oxygens (including phenoxy) is 1. The van der Waals surface area contributed by atoms with E-state index in [1.165, 1.54) is 0 Å². The average molecular weight is 295 g/mol. The predicted molar refractivity (Wildman–Crippen MR) is 60.3 cm³/mol. The zero-order valence-corrected chi connectivity index (χ0v) is 10.5. The van der Waals surface area contributed by atoms with Gasteiger partial charge in [0.15, 0.2) is 0 Å². The number of rotatable bonds is 5. The molecule has 1 aromatic rings. The lowest BCUT2D eigenvalue weighted by Crippen LogP contribution is -2.26. The van der Waals surface area contributed by atoms with Crippen molar-refractivity contribution in [1.82, 2.24) is 9.71 Å². The summed E-state index contributed by atoms with van der Waals surface area (Å²) in [4.78, 5) is 3.97. The van der Waals surface area contributed by atoms with Crippen LogP contribution in [-0.2, 0) is 10.0 Å². The van der Waals surface area contributed by atoms with Crippen molar-refractivity contribution in [3.8, 4) is 5.88 Å². The van der Waals surface area contributed by atoms with Crippen molar-refractivity contribution >= 4 is 26.0 Å². The van der Waals surface area contributed by atoms with Crippen molar-refractivity contribution in [1.29, 1.82) is 0 Å². The van der Waals surface area contributed by atoms with Crippen LogP contribution in [0.5, 0.6) is 5.88 Å². The van der Waals surface area contributed by atoms with Crippen LogP contribution in [-0.4, -0.2) is 32.8 Å². The standard InChI is InChI=1S/C8H11BrN2O3S/c1-15(12,13)11-4-5-14-8-3-2-7(9)6-10-8/h2-3,6,11H,4-5H2,1H3. The van der Waals surface area contributed by atoms with Gasteiger partial charge in [0, 0.05) is 23.3 Å². The SMILES string of the molecule is CS(=O)(=O)NCCOc1ccc(Br)cn1. The molecular formula is C8H11BrN2O3S. The normalized spacial score (nSPS) is 11.3. The summed E-state index contributed by atoms with van der Waals surface area (Å²) >= 11 is 3.24. The Kier molecular flexibility index (Phi) is 4.49. The summed E-state index contributed by atoms with van der Waals surface area (Å²) in [6.07, 6.45) is 2.71. The maximum Gasteiger partial charge on any atom is 0.213 e. The zero-order valence-electron chi connectivity index (χ0n) is 8.10. The number of nitrogens with one attached hydrogen (secondary N) is 1. The van der Waals surface area contributed by atoms with Crippen LogP contribution in [0.2, 0.25) is 0 Å².